The number of carboxylic acids is 4. The molecule has 9 amide bonds. The molecule has 0 spiro atoms. The molecule has 0 saturated carbocycles. The number of hydrogen-bond acceptors (Lipinski definition) is 18. The molecule has 34 nitrogen and oxygen atoms in total. The number of nitrogens with zero attached hydrogens (tertiary/aromatic N) is 1. The molecule has 0 bridgehead atoms. The van der Waals surface area contributed by atoms with Gasteiger partial charge in [0.25, 0.3) is 0 Å². The van der Waals surface area contributed by atoms with Crippen LogP contribution in [0.25, 0.3) is 10.9 Å². The maximum atomic E-state index is 14.5. The van der Waals surface area contributed by atoms with Crippen LogP contribution >= 0.6 is 0 Å². The molecule has 0 aliphatic rings. The summed E-state index contributed by atoms with van der Waals surface area (Å²) in [7, 11) is 0. The Labute approximate surface area is 533 Å². The molecule has 0 saturated heterocycles. The van der Waals surface area contributed by atoms with Crippen molar-refractivity contribution in [3.05, 3.63) is 65.9 Å². The maximum absolute atomic E-state index is 14.5. The van der Waals surface area contributed by atoms with Gasteiger partial charge in [-0.2, -0.15) is 0 Å². The summed E-state index contributed by atoms with van der Waals surface area (Å²) >= 11 is 0. The Balaban J connectivity index is 1.93. The first kappa shape index (κ1) is 77.3. The molecular formula is C59H86N14O20. The monoisotopic (exact) mass is 1310 g/mol. The number of aromatic hydroxyl groups is 1. The van der Waals surface area contributed by atoms with Crippen molar-refractivity contribution >= 4 is 93.9 Å². The third kappa shape index (κ3) is 27.2. The van der Waals surface area contributed by atoms with Crippen molar-refractivity contribution < 1.29 is 98.1 Å². The molecule has 0 radical (unpaired) electrons. The lowest BCUT2D eigenvalue weighted by Crippen LogP contribution is -2.61. The highest BCUT2D eigenvalue weighted by Gasteiger charge is 2.37. The van der Waals surface area contributed by atoms with Gasteiger partial charge >= 0.3 is 23.9 Å². The number of aliphatic carboxylic acids is 4. The van der Waals surface area contributed by atoms with E-state index in [1.54, 1.807) is 58.2 Å². The number of aliphatic imine (C=N–C) groups is 1. The summed E-state index contributed by atoms with van der Waals surface area (Å²) in [5.41, 5.74) is 18.1. The molecule has 3 rings (SSSR count). The number of aromatic nitrogens is 1. The summed E-state index contributed by atoms with van der Waals surface area (Å²) in [6.07, 6.45) is -4.80. The number of aromatic amines is 1. The van der Waals surface area contributed by atoms with Crippen LogP contribution in [0.15, 0.2) is 59.7 Å². The number of nitrogens with one attached hydrogen (secondary N) is 10. The smallest absolute Gasteiger partial charge is 0.326 e. The Bertz CT molecular complexity index is 3130. The second kappa shape index (κ2) is 38.0. The molecule has 93 heavy (non-hydrogen) atoms. The fourth-order valence-corrected chi connectivity index (χ4v) is 9.36. The zero-order valence-corrected chi connectivity index (χ0v) is 52.0. The molecule has 0 aliphatic heterocycles. The summed E-state index contributed by atoms with van der Waals surface area (Å²) in [5.74, 6) is -17.0. The largest absolute Gasteiger partial charge is 0.508 e. The van der Waals surface area contributed by atoms with Crippen LogP contribution in [-0.2, 0) is 75.2 Å². The number of phenolic OH excluding ortho intramolecular Hbond substituents is 1. The molecule has 2 aromatic carbocycles. The second-order valence-corrected chi connectivity index (χ2v) is 22.9. The fourth-order valence-electron chi connectivity index (χ4n) is 9.36. The van der Waals surface area contributed by atoms with Crippen molar-refractivity contribution in [2.24, 2.45) is 34.0 Å². The van der Waals surface area contributed by atoms with E-state index >= 15 is 0 Å². The highest BCUT2D eigenvalue weighted by molar-refractivity contribution is 5.99. The number of carbonyl (C=O) groups is 13. The number of carbonyl (C=O) groups excluding carboxylic acids is 9. The SMILES string of the molecule is CC(C)C[C@H](NC(=O)[C@H](CCC(=O)O)NC(=O)[C@H](CC(C)C)NC(=O)[C@H](Cc1c[nH]c2ccccc12)NC(=O)[C@@H](NC(=O)[C@@H](N)CC(=O)O)[C@@H](C)O)C(=O)N[C@@H](CCC(=O)O)C(=O)N[C@@H](CO)C(=O)N[C@@H](CCCN=C(N)N)C(=O)N[C@@H](Cc1ccc(O)cc1)C(=O)O. The first-order chi connectivity index (χ1) is 43.7. The third-order valence-electron chi connectivity index (χ3n) is 14.2. The molecule has 0 aliphatic carbocycles. The Hall–Kier alpha value is -9.96. The number of phenols is 1. The Morgan fingerprint density at radius 2 is 0.957 bits per heavy atom. The minimum atomic E-state index is -1.92. The Morgan fingerprint density at radius 3 is 1.42 bits per heavy atom. The van der Waals surface area contributed by atoms with Crippen molar-refractivity contribution in [1.82, 2.24) is 52.8 Å². The zero-order valence-electron chi connectivity index (χ0n) is 52.0. The van der Waals surface area contributed by atoms with Crippen LogP contribution in [-0.4, -0.2) is 203 Å². The van der Waals surface area contributed by atoms with Gasteiger partial charge in [-0.3, -0.25) is 62.5 Å². The minimum absolute atomic E-state index is 0.0241. The van der Waals surface area contributed by atoms with Gasteiger partial charge in [-0.05, 0) is 86.6 Å². The zero-order chi connectivity index (χ0) is 69.8. The molecule has 1 heterocycles. The van der Waals surface area contributed by atoms with E-state index in [-0.39, 0.29) is 62.7 Å². The number of H-pyrrole nitrogens is 1. The molecule has 34 heteroatoms. The lowest BCUT2D eigenvalue weighted by Gasteiger charge is -2.29. The van der Waals surface area contributed by atoms with Crippen molar-refractivity contribution in [2.75, 3.05) is 13.2 Å². The van der Waals surface area contributed by atoms with Crippen LogP contribution in [0, 0.1) is 11.8 Å². The molecular weight excluding hydrogens is 1220 g/mol. The van der Waals surface area contributed by atoms with Gasteiger partial charge in [0.2, 0.25) is 53.2 Å². The molecule has 1 aromatic heterocycles. The van der Waals surface area contributed by atoms with Crippen LogP contribution in [0.2, 0.25) is 0 Å². The number of amides is 9. The number of benzene rings is 2. The normalized spacial score (nSPS) is 14.7. The van der Waals surface area contributed by atoms with Gasteiger partial charge in [-0.15, -0.1) is 0 Å². The summed E-state index contributed by atoms with van der Waals surface area (Å²) < 4.78 is 0. The average Bonchev–Trinajstić information content (AvgIpc) is 1.79. The predicted octanol–water partition coefficient (Wildman–Crippen LogP) is -3.84. The van der Waals surface area contributed by atoms with E-state index in [1.165, 1.54) is 24.3 Å². The van der Waals surface area contributed by atoms with Crippen molar-refractivity contribution in [3.8, 4) is 5.75 Å². The van der Waals surface area contributed by atoms with Crippen molar-refractivity contribution in [2.45, 2.75) is 172 Å². The topological polar surface area (TPSA) is 578 Å². The molecule has 0 unspecified atom stereocenters. The summed E-state index contributed by atoms with van der Waals surface area (Å²) in [6.45, 7) is 6.53. The number of aliphatic hydroxyl groups is 2. The Morgan fingerprint density at radius 1 is 0.516 bits per heavy atom. The van der Waals surface area contributed by atoms with Crippen molar-refractivity contribution in [3.63, 3.8) is 0 Å². The first-order valence-electron chi connectivity index (χ1n) is 29.7. The van der Waals surface area contributed by atoms with E-state index in [4.69, 9.17) is 22.3 Å². The van der Waals surface area contributed by atoms with E-state index in [2.05, 4.69) is 57.8 Å². The van der Waals surface area contributed by atoms with Gasteiger partial charge in [0.15, 0.2) is 5.96 Å². The van der Waals surface area contributed by atoms with Gasteiger partial charge in [0.05, 0.1) is 25.2 Å². The lowest BCUT2D eigenvalue weighted by atomic mass is 9.99. The number of rotatable bonds is 41. The number of hydrogen-bond donors (Lipinski definition) is 20. The molecule has 3 aromatic rings. The summed E-state index contributed by atoms with van der Waals surface area (Å²) in [6, 6.07) is -4.49. The number of fused-ring (bicyclic) bond motifs is 1. The summed E-state index contributed by atoms with van der Waals surface area (Å²) in [4.78, 5) is 180. The lowest BCUT2D eigenvalue weighted by molar-refractivity contribution is -0.142. The molecule has 0 fully saturated rings. The highest BCUT2D eigenvalue weighted by atomic mass is 16.4. The van der Waals surface area contributed by atoms with E-state index in [9.17, 15) is 93.0 Å². The molecule has 23 N–H and O–H groups in total. The van der Waals surface area contributed by atoms with Crippen LogP contribution in [0.1, 0.15) is 104 Å². The number of guanidine groups is 1. The van der Waals surface area contributed by atoms with Gasteiger partial charge in [-0.1, -0.05) is 58.0 Å². The average molecular weight is 1310 g/mol. The number of nitrogens with two attached hydrogens (primary N) is 3. The summed E-state index contributed by atoms with van der Waals surface area (Å²) in [5, 5.41) is 91.2. The molecule has 512 valence electrons. The third-order valence-corrected chi connectivity index (χ3v) is 14.2. The maximum Gasteiger partial charge on any atom is 0.326 e. The number of aliphatic hydroxyl groups excluding tert-OH is 2. The van der Waals surface area contributed by atoms with Gasteiger partial charge in [0.1, 0.15) is 60.1 Å². The fraction of sp³-hybridized carbons (Fsp3) is 0.525. The quantitative estimate of drug-likeness (QED) is 0.0147. The van der Waals surface area contributed by atoms with E-state index in [1.807, 2.05) is 0 Å². The van der Waals surface area contributed by atoms with Crippen LogP contribution < -0.4 is 65.1 Å². The predicted molar refractivity (Wildman–Crippen MR) is 330 cm³/mol. The van der Waals surface area contributed by atoms with E-state index < -0.39 is 188 Å². The van der Waals surface area contributed by atoms with Crippen LogP contribution in [0.3, 0.4) is 0 Å². The van der Waals surface area contributed by atoms with Crippen molar-refractivity contribution in [1.29, 1.82) is 0 Å². The number of carboxylic acid groups (broad SMARTS) is 4. The second-order valence-electron chi connectivity index (χ2n) is 22.9. The van der Waals surface area contributed by atoms with Gasteiger partial charge in [-0.25, -0.2) is 4.79 Å². The van der Waals surface area contributed by atoms with Crippen LogP contribution in [0.5, 0.6) is 5.75 Å². The van der Waals surface area contributed by atoms with E-state index in [0.717, 1.165) is 6.92 Å². The Kier molecular flexibility index (Phi) is 31.6. The molecule has 11 atom stereocenters. The number of para-hydroxylation sites is 1. The van der Waals surface area contributed by atoms with Gasteiger partial charge in [0, 0.05) is 49.3 Å². The highest BCUT2D eigenvalue weighted by Crippen LogP contribution is 2.21. The van der Waals surface area contributed by atoms with Gasteiger partial charge < -0.3 is 106 Å². The van der Waals surface area contributed by atoms with E-state index in [0.29, 0.717) is 22.0 Å². The van der Waals surface area contributed by atoms with Crippen LogP contribution in [0.4, 0.5) is 0 Å². The minimum Gasteiger partial charge on any atom is -0.508 e. The first-order valence-corrected chi connectivity index (χ1v) is 29.7. The standard InChI is InChI=1S/C59H86N14O20/c1-28(2)21-40(53(87)67-39(17-19-46(79)80)52(86)72-44(27-74)56(90)65-37(11-8-20-63-59(61)62)50(84)71-43(58(92)93)23-31-12-14-33(76)15-13-31)68-51(85)38(16-18-45(77)78)66-54(88)41(22-29(3)4)69-55(89)42(24-32-26-64-36-10-7-6-9-34(32)36)70-57(91)48(30(5)75)73-49(83)35(60)25-47(81)82/h6-7,9-10,12-15,26,28-30,35,37-44,48,64,74-76H,8,11,16-25,27,60H2,1-5H3,(H,65,90)(H,66,88)(H,67,87)(H,68,85)(H,69,89)(H,70,91)(H,71,84)(H,72,86)(H,73,83)(H,77,78)(H,79,80)(H,81,82)(H,92,93)(H4,61,62,63)/t30-,35+,37+,38+,39+,40+,41+,42+,43+,44+,48+/m1/s1.